The summed E-state index contributed by atoms with van der Waals surface area (Å²) >= 11 is 0. The lowest BCUT2D eigenvalue weighted by molar-refractivity contribution is -0.137. The maximum Gasteiger partial charge on any atom is 0.416 e. The van der Waals surface area contributed by atoms with Crippen LogP contribution in [0.2, 0.25) is 0 Å². The summed E-state index contributed by atoms with van der Waals surface area (Å²) in [5, 5.41) is 16.0. The number of rotatable bonds is 3. The van der Waals surface area contributed by atoms with Gasteiger partial charge in [-0.2, -0.15) is 18.0 Å². The van der Waals surface area contributed by atoms with Crippen molar-refractivity contribution >= 4 is 11.9 Å². The first-order valence-electron chi connectivity index (χ1n) is 7.97. The van der Waals surface area contributed by atoms with Gasteiger partial charge in [-0.15, -0.1) is 10.2 Å². The summed E-state index contributed by atoms with van der Waals surface area (Å²) in [4.78, 5) is 24.8. The third-order valence-electron chi connectivity index (χ3n) is 3.33. The first-order valence-corrected chi connectivity index (χ1v) is 7.97. The highest BCUT2D eigenvalue weighted by Crippen LogP contribution is 2.31. The smallest absolute Gasteiger partial charge is 0.333 e. The Balaban J connectivity index is 2.13. The van der Waals surface area contributed by atoms with Crippen molar-refractivity contribution in [3.05, 3.63) is 29.8 Å². The monoisotopic (exact) mass is 384 g/mol. The number of hydrogen-bond acceptors (Lipinski definition) is 5. The molecule has 0 bridgehead atoms. The summed E-state index contributed by atoms with van der Waals surface area (Å²) in [6.45, 7) is 6.68. The molecule has 0 aliphatic carbocycles. The van der Waals surface area contributed by atoms with Crippen LogP contribution in [-0.4, -0.2) is 37.7 Å². The average molecular weight is 384 g/mol. The van der Waals surface area contributed by atoms with Crippen LogP contribution in [0.4, 0.5) is 18.0 Å². The van der Waals surface area contributed by atoms with E-state index in [0.29, 0.717) is 0 Å². The van der Waals surface area contributed by atoms with Gasteiger partial charge in [0.25, 0.3) is 5.91 Å². The van der Waals surface area contributed by atoms with Gasteiger partial charge < -0.3 is 5.32 Å². The van der Waals surface area contributed by atoms with Crippen LogP contribution in [0.15, 0.2) is 24.3 Å². The first kappa shape index (κ1) is 20.3. The number of urea groups is 1. The standard InChI is InChI=1S/C16H19F3N6O2/c1-9(13(26)20-14(27)21-15(2,3)4)25-23-12(22-24-25)10-6-5-7-11(8-10)16(17,18)19/h5-9H,1-4H3,(H2,20,21,26,27). The minimum absolute atomic E-state index is 0.0695. The van der Waals surface area contributed by atoms with Gasteiger partial charge in [-0.25, -0.2) is 4.79 Å². The fraction of sp³-hybridized carbons (Fsp3) is 0.438. The second-order valence-electron chi connectivity index (χ2n) is 6.88. The van der Waals surface area contributed by atoms with Crippen LogP contribution in [0.5, 0.6) is 0 Å². The van der Waals surface area contributed by atoms with Crippen LogP contribution in [-0.2, 0) is 11.0 Å². The van der Waals surface area contributed by atoms with Gasteiger partial charge in [-0.05, 0) is 45.0 Å². The Labute approximate surface area is 153 Å². The molecule has 0 saturated heterocycles. The zero-order valence-electron chi connectivity index (χ0n) is 15.1. The number of carbonyl (C=O) groups is 2. The number of amides is 3. The van der Waals surface area contributed by atoms with E-state index in [9.17, 15) is 22.8 Å². The molecular weight excluding hydrogens is 365 g/mol. The van der Waals surface area contributed by atoms with Gasteiger partial charge in [0.2, 0.25) is 5.82 Å². The Morgan fingerprint density at radius 1 is 1.19 bits per heavy atom. The summed E-state index contributed by atoms with van der Waals surface area (Å²) in [5.41, 5.74) is -1.27. The van der Waals surface area contributed by atoms with Crippen LogP contribution in [0.3, 0.4) is 0 Å². The second kappa shape index (κ2) is 7.33. The van der Waals surface area contributed by atoms with Crippen molar-refractivity contribution in [2.24, 2.45) is 0 Å². The van der Waals surface area contributed by atoms with Crippen molar-refractivity contribution in [3.8, 4) is 11.4 Å². The molecule has 0 aliphatic heterocycles. The van der Waals surface area contributed by atoms with Crippen molar-refractivity contribution in [1.29, 1.82) is 0 Å². The fourth-order valence-electron chi connectivity index (χ4n) is 2.03. The van der Waals surface area contributed by atoms with Crippen molar-refractivity contribution in [1.82, 2.24) is 30.8 Å². The molecule has 0 saturated carbocycles. The normalized spacial score (nSPS) is 13.1. The third kappa shape index (κ3) is 5.50. The molecule has 0 radical (unpaired) electrons. The molecule has 3 amide bonds. The molecule has 8 nitrogen and oxygen atoms in total. The molecule has 0 spiro atoms. The Morgan fingerprint density at radius 3 is 2.44 bits per heavy atom. The van der Waals surface area contributed by atoms with Gasteiger partial charge in [0.05, 0.1) is 5.56 Å². The Bertz CT molecular complexity index is 841. The molecule has 1 unspecified atom stereocenters. The van der Waals surface area contributed by atoms with E-state index >= 15 is 0 Å². The van der Waals surface area contributed by atoms with Gasteiger partial charge in [0.15, 0.2) is 0 Å². The van der Waals surface area contributed by atoms with Crippen LogP contribution in [0, 0.1) is 0 Å². The SMILES string of the molecule is CC(C(=O)NC(=O)NC(C)(C)C)n1nnc(-c2cccc(C(F)(F)F)c2)n1. The van der Waals surface area contributed by atoms with E-state index in [0.717, 1.165) is 16.9 Å². The van der Waals surface area contributed by atoms with E-state index in [2.05, 4.69) is 26.0 Å². The lowest BCUT2D eigenvalue weighted by Crippen LogP contribution is -2.49. The van der Waals surface area contributed by atoms with E-state index in [-0.39, 0.29) is 11.4 Å². The summed E-state index contributed by atoms with van der Waals surface area (Å²) in [7, 11) is 0. The van der Waals surface area contributed by atoms with E-state index in [1.54, 1.807) is 20.8 Å². The van der Waals surface area contributed by atoms with Crippen LogP contribution < -0.4 is 10.6 Å². The molecule has 0 fully saturated rings. The highest BCUT2D eigenvalue weighted by atomic mass is 19.4. The number of tetrazole rings is 1. The minimum Gasteiger partial charge on any atom is -0.333 e. The maximum absolute atomic E-state index is 12.8. The van der Waals surface area contributed by atoms with E-state index in [1.807, 2.05) is 0 Å². The molecule has 11 heteroatoms. The number of aromatic nitrogens is 4. The number of imide groups is 1. The lowest BCUT2D eigenvalue weighted by atomic mass is 10.1. The third-order valence-corrected chi connectivity index (χ3v) is 3.33. The summed E-state index contributed by atoms with van der Waals surface area (Å²) in [6.07, 6.45) is -4.50. The zero-order chi connectivity index (χ0) is 20.4. The highest BCUT2D eigenvalue weighted by molar-refractivity contribution is 5.96. The Morgan fingerprint density at radius 2 is 1.85 bits per heavy atom. The quantitative estimate of drug-likeness (QED) is 0.847. The first-order chi connectivity index (χ1) is 12.4. The van der Waals surface area contributed by atoms with Gasteiger partial charge >= 0.3 is 12.2 Å². The molecule has 2 aromatic rings. The number of carbonyl (C=O) groups excluding carboxylic acids is 2. The molecular formula is C16H19F3N6O2. The zero-order valence-corrected chi connectivity index (χ0v) is 15.1. The fourth-order valence-corrected chi connectivity index (χ4v) is 2.03. The molecule has 1 aromatic carbocycles. The van der Waals surface area contributed by atoms with Crippen LogP contribution in [0.1, 0.15) is 39.3 Å². The number of alkyl halides is 3. The molecule has 146 valence electrons. The maximum atomic E-state index is 12.8. The predicted octanol–water partition coefficient (Wildman–Crippen LogP) is 2.54. The average Bonchev–Trinajstić information content (AvgIpc) is 3.01. The van der Waals surface area contributed by atoms with Crippen LogP contribution in [0.25, 0.3) is 11.4 Å². The van der Waals surface area contributed by atoms with E-state index in [4.69, 9.17) is 0 Å². The molecule has 2 N–H and O–H groups in total. The van der Waals surface area contributed by atoms with Crippen molar-refractivity contribution in [3.63, 3.8) is 0 Å². The molecule has 1 heterocycles. The van der Waals surface area contributed by atoms with Crippen molar-refractivity contribution in [2.45, 2.75) is 45.5 Å². The second-order valence-corrected chi connectivity index (χ2v) is 6.88. The summed E-state index contributed by atoms with van der Waals surface area (Å²) < 4.78 is 38.4. The molecule has 27 heavy (non-hydrogen) atoms. The predicted molar refractivity (Wildman–Crippen MR) is 89.4 cm³/mol. The van der Waals surface area contributed by atoms with Crippen LogP contribution >= 0.6 is 0 Å². The molecule has 2 rings (SSSR count). The summed E-state index contributed by atoms with van der Waals surface area (Å²) in [5.74, 6) is -0.760. The number of nitrogens with zero attached hydrogens (tertiary/aromatic N) is 4. The topological polar surface area (TPSA) is 102 Å². The van der Waals surface area contributed by atoms with Crippen molar-refractivity contribution in [2.75, 3.05) is 0 Å². The Hall–Kier alpha value is -2.98. The summed E-state index contributed by atoms with van der Waals surface area (Å²) in [6, 6.07) is 2.77. The minimum atomic E-state index is -4.50. The Kier molecular flexibility index (Phi) is 5.52. The highest BCUT2D eigenvalue weighted by Gasteiger charge is 2.31. The molecule has 1 aromatic heterocycles. The van der Waals surface area contributed by atoms with Gasteiger partial charge in [0, 0.05) is 11.1 Å². The van der Waals surface area contributed by atoms with Gasteiger partial charge in [0.1, 0.15) is 6.04 Å². The number of halogens is 3. The molecule has 0 aliphatic rings. The van der Waals surface area contributed by atoms with Gasteiger partial charge in [-0.1, -0.05) is 12.1 Å². The van der Waals surface area contributed by atoms with Gasteiger partial charge in [-0.3, -0.25) is 10.1 Å². The number of hydrogen-bond donors (Lipinski definition) is 2. The number of benzene rings is 1. The number of nitrogens with one attached hydrogen (secondary N) is 2. The van der Waals surface area contributed by atoms with E-state index < -0.39 is 35.3 Å². The lowest BCUT2D eigenvalue weighted by Gasteiger charge is -2.20. The van der Waals surface area contributed by atoms with E-state index in [1.165, 1.54) is 19.1 Å². The van der Waals surface area contributed by atoms with Crippen molar-refractivity contribution < 1.29 is 22.8 Å². The largest absolute Gasteiger partial charge is 0.416 e. The molecule has 1 atom stereocenters.